The molecule has 0 aromatic heterocycles. The van der Waals surface area contributed by atoms with Crippen LogP contribution < -0.4 is 0 Å². The highest BCUT2D eigenvalue weighted by Gasteiger charge is 2.03. The van der Waals surface area contributed by atoms with Gasteiger partial charge in [0, 0.05) is 0 Å². The molecule has 0 nitrogen and oxygen atoms in total. The van der Waals surface area contributed by atoms with Crippen LogP contribution in [0.2, 0.25) is 0 Å². The highest BCUT2D eigenvalue weighted by Crippen LogP contribution is 2.23. The van der Waals surface area contributed by atoms with Crippen LogP contribution in [0.5, 0.6) is 0 Å². The molecule has 0 aromatic carbocycles. The smallest absolute Gasteiger partial charge is 0.0162 e. The van der Waals surface area contributed by atoms with Gasteiger partial charge in [0.25, 0.3) is 0 Å². The molecule has 0 radical (unpaired) electrons. The quantitative estimate of drug-likeness (QED) is 0.466. The second kappa shape index (κ2) is 15.0. The second-order valence-electron chi connectivity index (χ2n) is 2.94. The lowest BCUT2D eigenvalue weighted by atomic mass is 9.98. The summed E-state index contributed by atoms with van der Waals surface area (Å²) in [5.74, 6) is 0. The molecule has 0 amide bonds. The number of fused-ring (bicyclic) bond motifs is 1. The van der Waals surface area contributed by atoms with Gasteiger partial charge >= 0.3 is 0 Å². The van der Waals surface area contributed by atoms with Crippen molar-refractivity contribution in [1.29, 1.82) is 0 Å². The summed E-state index contributed by atoms with van der Waals surface area (Å²) >= 11 is 0. The molecule has 0 unspecified atom stereocenters. The molecule has 0 atom stereocenters. The Morgan fingerprint density at radius 1 is 0.647 bits per heavy atom. The van der Waals surface area contributed by atoms with E-state index in [0.717, 1.165) is 6.42 Å². The minimum atomic E-state index is 1.08. The first-order valence-electron chi connectivity index (χ1n) is 7.20. The van der Waals surface area contributed by atoms with Gasteiger partial charge in [0.2, 0.25) is 0 Å². The molecule has 0 heterocycles. The van der Waals surface area contributed by atoms with Crippen molar-refractivity contribution in [2.75, 3.05) is 0 Å². The maximum absolute atomic E-state index is 2.32. The van der Waals surface area contributed by atoms with Gasteiger partial charge in [-0.05, 0) is 30.4 Å². The van der Waals surface area contributed by atoms with Crippen LogP contribution in [0.15, 0.2) is 47.6 Å². The first-order valence-corrected chi connectivity index (χ1v) is 7.20. The third kappa shape index (κ3) is 7.79. The van der Waals surface area contributed by atoms with E-state index in [2.05, 4.69) is 36.5 Å². The highest BCUT2D eigenvalue weighted by atomic mass is 14.1. The van der Waals surface area contributed by atoms with Gasteiger partial charge in [0.05, 0.1) is 0 Å². The Kier molecular flexibility index (Phi) is 16.1. The molecule has 2 aliphatic rings. The minimum absolute atomic E-state index is 1.08. The predicted molar refractivity (Wildman–Crippen MR) is 82.3 cm³/mol. The summed E-state index contributed by atoms with van der Waals surface area (Å²) in [6, 6.07) is 0. The third-order valence-corrected chi connectivity index (χ3v) is 2.10. The van der Waals surface area contributed by atoms with Crippen molar-refractivity contribution in [2.24, 2.45) is 0 Å². The maximum atomic E-state index is 2.32. The average Bonchev–Trinajstić information content (AvgIpc) is 2.70. The van der Waals surface area contributed by atoms with E-state index < -0.39 is 0 Å². The highest BCUT2D eigenvalue weighted by molar-refractivity contribution is 5.49. The fourth-order valence-corrected chi connectivity index (χ4v) is 1.51. The standard InChI is InChI=1S/C11H12.3C2H6/c1-2-6-10-8-4-5-9-11(10)7-3-1;3*1-2/h2-3,6-9H,1,4-5H2;3*1-2H3. The van der Waals surface area contributed by atoms with E-state index in [1.807, 2.05) is 41.5 Å². The first kappa shape index (κ1) is 18.3. The van der Waals surface area contributed by atoms with Gasteiger partial charge < -0.3 is 0 Å². The van der Waals surface area contributed by atoms with Crippen LogP contribution in [0.1, 0.15) is 60.8 Å². The second-order valence-corrected chi connectivity index (χ2v) is 2.94. The van der Waals surface area contributed by atoms with E-state index in [4.69, 9.17) is 0 Å². The largest absolute Gasteiger partial charge is 0.0801 e. The molecule has 2 rings (SSSR count). The van der Waals surface area contributed by atoms with Crippen LogP contribution in [0, 0.1) is 0 Å². The Balaban J connectivity index is 0. The zero-order valence-corrected chi connectivity index (χ0v) is 12.6. The molecule has 0 aromatic rings. The minimum Gasteiger partial charge on any atom is -0.0801 e. The van der Waals surface area contributed by atoms with Crippen molar-refractivity contribution in [3.63, 3.8) is 0 Å². The van der Waals surface area contributed by atoms with E-state index in [1.165, 1.54) is 24.0 Å². The van der Waals surface area contributed by atoms with Crippen LogP contribution in [0.3, 0.4) is 0 Å². The predicted octanol–water partition coefficient (Wildman–Crippen LogP) is 6.23. The molecule has 98 valence electrons. The van der Waals surface area contributed by atoms with Crippen molar-refractivity contribution in [3.05, 3.63) is 47.6 Å². The zero-order chi connectivity index (χ0) is 13.5. The van der Waals surface area contributed by atoms with E-state index in [-0.39, 0.29) is 0 Å². The van der Waals surface area contributed by atoms with Crippen LogP contribution >= 0.6 is 0 Å². The van der Waals surface area contributed by atoms with Crippen molar-refractivity contribution in [3.8, 4) is 0 Å². The van der Waals surface area contributed by atoms with Crippen LogP contribution in [0.25, 0.3) is 0 Å². The summed E-state index contributed by atoms with van der Waals surface area (Å²) in [6.45, 7) is 12.0. The molecule has 17 heavy (non-hydrogen) atoms. The fourth-order valence-electron chi connectivity index (χ4n) is 1.51. The van der Waals surface area contributed by atoms with Crippen LogP contribution in [-0.4, -0.2) is 0 Å². The monoisotopic (exact) mass is 234 g/mol. The molecule has 0 bridgehead atoms. The molecule has 0 saturated carbocycles. The summed E-state index contributed by atoms with van der Waals surface area (Å²) in [5, 5.41) is 0. The normalized spacial score (nSPS) is 15.2. The Hall–Kier alpha value is -1.04. The molecule has 0 N–H and O–H groups in total. The third-order valence-electron chi connectivity index (χ3n) is 2.10. The Labute approximate surface area is 109 Å². The number of allylic oxidation sites excluding steroid dienone is 8. The van der Waals surface area contributed by atoms with Crippen LogP contribution in [-0.2, 0) is 0 Å². The van der Waals surface area contributed by atoms with E-state index >= 15 is 0 Å². The molecular weight excluding hydrogens is 204 g/mol. The molecular formula is C17H30. The number of hydrogen-bond acceptors (Lipinski definition) is 0. The van der Waals surface area contributed by atoms with Crippen molar-refractivity contribution in [2.45, 2.75) is 60.8 Å². The lowest BCUT2D eigenvalue weighted by Crippen LogP contribution is -1.88. The van der Waals surface area contributed by atoms with E-state index in [0.29, 0.717) is 0 Å². The average molecular weight is 234 g/mol. The maximum Gasteiger partial charge on any atom is -0.0162 e. The SMILES string of the molecule is C1=CC2=CCCC=C2C=CC1.CC.CC.CC. The zero-order valence-electron chi connectivity index (χ0n) is 12.6. The van der Waals surface area contributed by atoms with Crippen LogP contribution in [0.4, 0.5) is 0 Å². The van der Waals surface area contributed by atoms with Crippen molar-refractivity contribution in [1.82, 2.24) is 0 Å². The van der Waals surface area contributed by atoms with E-state index in [1.54, 1.807) is 0 Å². The summed E-state index contributed by atoms with van der Waals surface area (Å²) in [7, 11) is 0. The van der Waals surface area contributed by atoms with Gasteiger partial charge in [-0.2, -0.15) is 0 Å². The lowest BCUT2D eigenvalue weighted by Gasteiger charge is -2.07. The molecule has 2 aliphatic carbocycles. The summed E-state index contributed by atoms with van der Waals surface area (Å²) in [6.07, 6.45) is 17.0. The molecule has 0 heteroatoms. The van der Waals surface area contributed by atoms with Gasteiger partial charge in [-0.3, -0.25) is 0 Å². The van der Waals surface area contributed by atoms with Gasteiger partial charge in [-0.1, -0.05) is 78.0 Å². The summed E-state index contributed by atoms with van der Waals surface area (Å²) in [5.41, 5.74) is 2.81. The van der Waals surface area contributed by atoms with E-state index in [9.17, 15) is 0 Å². The molecule has 0 spiro atoms. The van der Waals surface area contributed by atoms with Gasteiger partial charge in [-0.15, -0.1) is 0 Å². The van der Waals surface area contributed by atoms with Gasteiger partial charge in [0.1, 0.15) is 0 Å². The topological polar surface area (TPSA) is 0 Å². The number of rotatable bonds is 0. The Morgan fingerprint density at radius 2 is 1.00 bits per heavy atom. The van der Waals surface area contributed by atoms with Gasteiger partial charge in [-0.25, -0.2) is 0 Å². The first-order chi connectivity index (χ1) is 8.47. The van der Waals surface area contributed by atoms with Crippen molar-refractivity contribution < 1.29 is 0 Å². The Morgan fingerprint density at radius 3 is 1.35 bits per heavy atom. The molecule has 0 fully saturated rings. The van der Waals surface area contributed by atoms with Gasteiger partial charge in [0.15, 0.2) is 0 Å². The number of hydrogen-bond donors (Lipinski definition) is 0. The van der Waals surface area contributed by atoms with Crippen molar-refractivity contribution >= 4 is 0 Å². The Bertz CT molecular complexity index is 234. The fraction of sp³-hybridized carbons (Fsp3) is 0.529. The molecule has 0 saturated heterocycles. The molecule has 0 aliphatic heterocycles. The lowest BCUT2D eigenvalue weighted by molar-refractivity contribution is 1.01. The summed E-state index contributed by atoms with van der Waals surface area (Å²) < 4.78 is 0. The summed E-state index contributed by atoms with van der Waals surface area (Å²) in [4.78, 5) is 0.